The molecule has 0 radical (unpaired) electrons. The Morgan fingerprint density at radius 2 is 1.58 bits per heavy atom. The average Bonchev–Trinajstić information content (AvgIpc) is 2.33. The number of pyridine rings is 1. The van der Waals surface area contributed by atoms with Gasteiger partial charge in [-0.3, -0.25) is 0 Å². The molecule has 0 amide bonds. The Hall–Kier alpha value is -2.44. The number of hydrogen-bond donors (Lipinski definition) is 2. The predicted octanol–water partition coefficient (Wildman–Crippen LogP) is 3.06. The van der Waals surface area contributed by atoms with E-state index in [1.807, 2.05) is 0 Å². The van der Waals surface area contributed by atoms with Crippen molar-refractivity contribution in [1.82, 2.24) is 4.98 Å². The molecule has 19 heavy (non-hydrogen) atoms. The highest BCUT2D eigenvalue weighted by atomic mass is 19.4. The molecule has 100 valence electrons. The van der Waals surface area contributed by atoms with Crippen molar-refractivity contribution in [2.75, 3.05) is 11.5 Å². The number of benzene rings is 1. The Balaban J connectivity index is 2.17. The molecule has 0 aliphatic rings. The van der Waals surface area contributed by atoms with Gasteiger partial charge in [-0.05, 0) is 30.3 Å². The third-order valence-corrected chi connectivity index (χ3v) is 2.34. The van der Waals surface area contributed by atoms with Crippen molar-refractivity contribution in [3.8, 4) is 11.6 Å². The number of alkyl halides is 3. The Labute approximate surface area is 106 Å². The third kappa shape index (κ3) is 3.06. The first-order valence-electron chi connectivity index (χ1n) is 5.23. The van der Waals surface area contributed by atoms with E-state index in [9.17, 15) is 13.2 Å². The van der Waals surface area contributed by atoms with Crippen molar-refractivity contribution >= 4 is 11.5 Å². The minimum atomic E-state index is -4.37. The molecule has 0 aliphatic carbocycles. The van der Waals surface area contributed by atoms with Crippen LogP contribution in [0.25, 0.3) is 0 Å². The zero-order valence-corrected chi connectivity index (χ0v) is 9.61. The normalized spacial score (nSPS) is 11.3. The summed E-state index contributed by atoms with van der Waals surface area (Å²) in [5.41, 5.74) is 10.5. The summed E-state index contributed by atoms with van der Waals surface area (Å²) in [7, 11) is 0. The molecule has 7 heteroatoms. The van der Waals surface area contributed by atoms with E-state index in [1.165, 1.54) is 24.3 Å². The van der Waals surface area contributed by atoms with E-state index >= 15 is 0 Å². The molecule has 0 saturated heterocycles. The van der Waals surface area contributed by atoms with E-state index in [0.29, 0.717) is 5.69 Å². The van der Waals surface area contributed by atoms with Crippen LogP contribution in [0.15, 0.2) is 36.4 Å². The molecule has 4 N–H and O–H groups in total. The van der Waals surface area contributed by atoms with Gasteiger partial charge in [0.2, 0.25) is 5.88 Å². The first kappa shape index (κ1) is 13.0. The molecule has 0 unspecified atom stereocenters. The van der Waals surface area contributed by atoms with Crippen molar-refractivity contribution in [3.05, 3.63) is 42.0 Å². The molecule has 2 rings (SSSR count). The van der Waals surface area contributed by atoms with Crippen LogP contribution in [0.2, 0.25) is 0 Å². The highest BCUT2D eigenvalue weighted by Gasteiger charge is 2.30. The number of rotatable bonds is 2. The van der Waals surface area contributed by atoms with Gasteiger partial charge in [-0.25, -0.2) is 0 Å². The maximum Gasteiger partial charge on any atom is 0.416 e. The standard InChI is InChI=1S/C12H10F3N3O/c13-12(14,15)7-1-3-8(4-2-7)19-10-6-5-9(16)11(17)18-10/h1-6H,16H2,(H2,17,18). The van der Waals surface area contributed by atoms with Crippen molar-refractivity contribution in [2.24, 2.45) is 0 Å². The molecule has 1 aromatic carbocycles. The van der Waals surface area contributed by atoms with Gasteiger partial charge in [-0.1, -0.05) is 0 Å². The lowest BCUT2D eigenvalue weighted by Gasteiger charge is -2.09. The quantitative estimate of drug-likeness (QED) is 0.878. The monoisotopic (exact) mass is 269 g/mol. The van der Waals surface area contributed by atoms with Crippen LogP contribution < -0.4 is 16.2 Å². The highest BCUT2D eigenvalue weighted by molar-refractivity contribution is 5.58. The summed E-state index contributed by atoms with van der Waals surface area (Å²) in [5, 5.41) is 0. The molecule has 2 aromatic rings. The number of anilines is 2. The zero-order chi connectivity index (χ0) is 14.0. The van der Waals surface area contributed by atoms with E-state index in [1.54, 1.807) is 0 Å². The van der Waals surface area contributed by atoms with Gasteiger partial charge in [-0.2, -0.15) is 18.2 Å². The fourth-order valence-corrected chi connectivity index (χ4v) is 1.36. The molecule has 0 fully saturated rings. The van der Waals surface area contributed by atoms with Gasteiger partial charge in [0.05, 0.1) is 11.3 Å². The van der Waals surface area contributed by atoms with E-state index in [-0.39, 0.29) is 17.4 Å². The van der Waals surface area contributed by atoms with Crippen molar-refractivity contribution in [2.45, 2.75) is 6.18 Å². The average molecular weight is 269 g/mol. The lowest BCUT2D eigenvalue weighted by Crippen LogP contribution is -2.04. The number of aromatic nitrogens is 1. The lowest BCUT2D eigenvalue weighted by atomic mass is 10.2. The topological polar surface area (TPSA) is 74.2 Å². The number of nitrogen functional groups attached to an aromatic ring is 2. The molecule has 0 saturated carbocycles. The van der Waals surface area contributed by atoms with Crippen LogP contribution in [-0.2, 0) is 6.18 Å². The summed E-state index contributed by atoms with van der Waals surface area (Å²) in [6.07, 6.45) is -4.37. The fourth-order valence-electron chi connectivity index (χ4n) is 1.36. The summed E-state index contributed by atoms with van der Waals surface area (Å²) in [6, 6.07) is 7.24. The van der Waals surface area contributed by atoms with Crippen LogP contribution in [0, 0.1) is 0 Å². The van der Waals surface area contributed by atoms with Crippen molar-refractivity contribution in [1.29, 1.82) is 0 Å². The van der Waals surface area contributed by atoms with Crippen LogP contribution in [-0.4, -0.2) is 4.98 Å². The molecule has 0 bridgehead atoms. The summed E-state index contributed by atoms with van der Waals surface area (Å²) in [5.74, 6) is 0.487. The van der Waals surface area contributed by atoms with Crippen LogP contribution >= 0.6 is 0 Å². The summed E-state index contributed by atoms with van der Waals surface area (Å²) in [6.45, 7) is 0. The van der Waals surface area contributed by atoms with Crippen LogP contribution in [0.4, 0.5) is 24.7 Å². The van der Waals surface area contributed by atoms with Gasteiger partial charge in [-0.15, -0.1) is 0 Å². The third-order valence-electron chi connectivity index (χ3n) is 2.34. The Kier molecular flexibility index (Phi) is 3.20. The molecule has 1 heterocycles. The maximum atomic E-state index is 12.4. The molecule has 0 spiro atoms. The van der Waals surface area contributed by atoms with E-state index in [2.05, 4.69) is 4.98 Å². The van der Waals surface area contributed by atoms with Crippen LogP contribution in [0.5, 0.6) is 11.6 Å². The minimum absolute atomic E-state index is 0.101. The zero-order valence-electron chi connectivity index (χ0n) is 9.61. The number of hydrogen-bond acceptors (Lipinski definition) is 4. The van der Waals surface area contributed by atoms with E-state index in [4.69, 9.17) is 16.2 Å². The second-order valence-corrected chi connectivity index (χ2v) is 3.75. The van der Waals surface area contributed by atoms with Gasteiger partial charge >= 0.3 is 6.18 Å². The summed E-state index contributed by atoms with van der Waals surface area (Å²) >= 11 is 0. The fraction of sp³-hybridized carbons (Fsp3) is 0.0833. The Morgan fingerprint density at radius 1 is 0.947 bits per heavy atom. The molecule has 1 aromatic heterocycles. The highest BCUT2D eigenvalue weighted by Crippen LogP contribution is 2.31. The van der Waals surface area contributed by atoms with Crippen molar-refractivity contribution in [3.63, 3.8) is 0 Å². The van der Waals surface area contributed by atoms with Gasteiger partial charge in [0.25, 0.3) is 0 Å². The summed E-state index contributed by atoms with van der Waals surface area (Å²) < 4.78 is 42.3. The van der Waals surface area contributed by atoms with E-state index in [0.717, 1.165) is 12.1 Å². The first-order chi connectivity index (χ1) is 8.86. The largest absolute Gasteiger partial charge is 0.439 e. The second kappa shape index (κ2) is 4.68. The number of nitrogens with two attached hydrogens (primary N) is 2. The molecule has 0 aliphatic heterocycles. The van der Waals surface area contributed by atoms with Gasteiger partial charge in [0.15, 0.2) is 5.82 Å². The SMILES string of the molecule is Nc1ccc(Oc2ccc(C(F)(F)F)cc2)nc1N. The van der Waals surface area contributed by atoms with E-state index < -0.39 is 11.7 Å². The second-order valence-electron chi connectivity index (χ2n) is 3.75. The molecule has 4 nitrogen and oxygen atoms in total. The van der Waals surface area contributed by atoms with Crippen molar-refractivity contribution < 1.29 is 17.9 Å². The van der Waals surface area contributed by atoms with Gasteiger partial charge in [0, 0.05) is 6.07 Å². The Bertz CT molecular complexity index is 582. The number of nitrogens with zero attached hydrogens (tertiary/aromatic N) is 1. The molecular weight excluding hydrogens is 259 g/mol. The van der Waals surface area contributed by atoms with Gasteiger partial charge < -0.3 is 16.2 Å². The van der Waals surface area contributed by atoms with Crippen LogP contribution in [0.1, 0.15) is 5.56 Å². The smallest absolute Gasteiger partial charge is 0.416 e. The van der Waals surface area contributed by atoms with Gasteiger partial charge in [0.1, 0.15) is 5.75 Å². The molecular formula is C12H10F3N3O. The number of ether oxygens (including phenoxy) is 1. The number of halogens is 3. The first-order valence-corrected chi connectivity index (χ1v) is 5.23. The predicted molar refractivity (Wildman–Crippen MR) is 64.6 cm³/mol. The summed E-state index contributed by atoms with van der Waals surface area (Å²) in [4.78, 5) is 3.85. The molecule has 0 atom stereocenters. The minimum Gasteiger partial charge on any atom is -0.439 e. The lowest BCUT2D eigenvalue weighted by molar-refractivity contribution is -0.137. The maximum absolute atomic E-state index is 12.4. The Morgan fingerprint density at radius 3 is 2.11 bits per heavy atom. The van der Waals surface area contributed by atoms with Crippen LogP contribution in [0.3, 0.4) is 0 Å².